The van der Waals surface area contributed by atoms with Gasteiger partial charge in [0.2, 0.25) is 0 Å². The first kappa shape index (κ1) is 20.8. The molecule has 0 saturated carbocycles. The van der Waals surface area contributed by atoms with Gasteiger partial charge < -0.3 is 4.74 Å². The summed E-state index contributed by atoms with van der Waals surface area (Å²) < 4.78 is 6.53. The molecule has 6 heteroatoms. The van der Waals surface area contributed by atoms with E-state index >= 15 is 0 Å². The number of benzene rings is 3. The van der Waals surface area contributed by atoms with Gasteiger partial charge in [-0.3, -0.25) is 0 Å². The lowest BCUT2D eigenvalue weighted by atomic mass is 10.0. The van der Waals surface area contributed by atoms with Crippen molar-refractivity contribution >= 4 is 62.4 Å². The zero-order valence-corrected chi connectivity index (χ0v) is 18.3. The second kappa shape index (κ2) is 9.49. The van der Waals surface area contributed by atoms with Gasteiger partial charge in [-0.1, -0.05) is 71.2 Å². The maximum Gasteiger partial charge on any atom is 0.152 e. The second-order valence-electron chi connectivity index (χ2n) is 5.84. The molecule has 0 bridgehead atoms. The molecule has 3 rings (SSSR count). The Morgan fingerprint density at radius 3 is 2.29 bits per heavy atom. The molecule has 0 atom stereocenters. The number of allylic oxidation sites excluding steroid dienone is 1. The van der Waals surface area contributed by atoms with Crippen LogP contribution in [0.4, 0.5) is 0 Å². The van der Waals surface area contributed by atoms with Gasteiger partial charge in [-0.25, -0.2) is 0 Å². The van der Waals surface area contributed by atoms with Gasteiger partial charge in [0.05, 0.1) is 21.1 Å². The zero-order valence-electron chi connectivity index (χ0n) is 14.4. The normalized spacial score (nSPS) is 11.2. The van der Waals surface area contributed by atoms with Crippen molar-refractivity contribution in [3.63, 3.8) is 0 Å². The summed E-state index contributed by atoms with van der Waals surface area (Å²) in [5.74, 6) is 0.509. The molecule has 0 aliphatic rings. The van der Waals surface area contributed by atoms with Crippen molar-refractivity contribution in [3.05, 3.63) is 96.9 Å². The molecule has 28 heavy (non-hydrogen) atoms. The van der Waals surface area contributed by atoms with Crippen LogP contribution < -0.4 is 4.74 Å². The van der Waals surface area contributed by atoms with Crippen molar-refractivity contribution in [3.8, 4) is 11.8 Å². The van der Waals surface area contributed by atoms with Crippen LogP contribution in [-0.4, -0.2) is 0 Å². The first-order valence-electron chi connectivity index (χ1n) is 8.21. The first-order chi connectivity index (χ1) is 13.5. The predicted molar refractivity (Wildman–Crippen MR) is 120 cm³/mol. The summed E-state index contributed by atoms with van der Waals surface area (Å²) in [6, 6.07) is 20.4. The second-order valence-corrected chi connectivity index (χ2v) is 7.92. The highest BCUT2D eigenvalue weighted by Gasteiger charge is 2.12. The monoisotopic (exact) mass is 491 g/mol. The predicted octanol–water partition coefficient (Wildman–Crippen LogP) is 8.05. The number of hydrogen-bond donors (Lipinski definition) is 0. The molecule has 0 spiro atoms. The van der Waals surface area contributed by atoms with Gasteiger partial charge in [0.1, 0.15) is 6.61 Å². The van der Waals surface area contributed by atoms with E-state index in [2.05, 4.69) is 22.0 Å². The number of hydrogen-bond acceptors (Lipinski definition) is 2. The van der Waals surface area contributed by atoms with Crippen LogP contribution in [0.5, 0.6) is 5.75 Å². The molecule has 0 amide bonds. The molecule has 0 aromatic heterocycles. The standard InChI is InChI=1S/C22H13BrCl3NO/c23-18-10-14(9-16(12-27)17-6-2-4-8-20(17)25)11-21(26)22(18)28-13-15-5-1-3-7-19(15)24/h1-11H,13H2. The summed E-state index contributed by atoms with van der Waals surface area (Å²) in [6.07, 6.45) is 1.73. The van der Waals surface area contributed by atoms with Gasteiger partial charge in [0, 0.05) is 21.2 Å². The number of halogens is 4. The van der Waals surface area contributed by atoms with E-state index < -0.39 is 0 Å². The Labute approximate surface area is 187 Å². The fourth-order valence-corrected chi connectivity index (χ4v) is 4.00. The van der Waals surface area contributed by atoms with Crippen molar-refractivity contribution in [2.24, 2.45) is 0 Å². The van der Waals surface area contributed by atoms with Gasteiger partial charge in [0.15, 0.2) is 5.75 Å². The maximum absolute atomic E-state index is 9.54. The average Bonchev–Trinajstić information content (AvgIpc) is 2.67. The molecule has 0 aliphatic carbocycles. The van der Waals surface area contributed by atoms with Crippen LogP contribution in [0.3, 0.4) is 0 Å². The maximum atomic E-state index is 9.54. The summed E-state index contributed by atoms with van der Waals surface area (Å²) in [5, 5.41) is 11.1. The molecule has 0 fully saturated rings. The largest absolute Gasteiger partial charge is 0.486 e. The van der Waals surface area contributed by atoms with Crippen LogP contribution in [0.1, 0.15) is 16.7 Å². The topological polar surface area (TPSA) is 33.0 Å². The van der Waals surface area contributed by atoms with Gasteiger partial charge in [-0.2, -0.15) is 5.26 Å². The molecule has 0 heterocycles. The van der Waals surface area contributed by atoms with E-state index in [4.69, 9.17) is 39.5 Å². The SMILES string of the molecule is N#CC(=Cc1cc(Cl)c(OCc2ccccc2Cl)c(Br)c1)c1ccccc1Cl. The smallest absolute Gasteiger partial charge is 0.152 e. The van der Waals surface area contributed by atoms with Crippen molar-refractivity contribution in [1.82, 2.24) is 0 Å². The Kier molecular flexibility index (Phi) is 7.04. The molecule has 3 aromatic carbocycles. The summed E-state index contributed by atoms with van der Waals surface area (Å²) in [6.45, 7) is 0.288. The van der Waals surface area contributed by atoms with Crippen molar-refractivity contribution in [2.45, 2.75) is 6.61 Å². The number of nitriles is 1. The van der Waals surface area contributed by atoms with E-state index in [0.29, 0.717) is 36.4 Å². The third-order valence-corrected chi connectivity index (χ3v) is 5.51. The molecule has 2 nitrogen and oxygen atoms in total. The van der Waals surface area contributed by atoms with Gasteiger partial charge in [0.25, 0.3) is 0 Å². The number of nitrogens with zero attached hydrogens (tertiary/aromatic N) is 1. The molecule has 140 valence electrons. The lowest BCUT2D eigenvalue weighted by Crippen LogP contribution is -1.98. The zero-order chi connectivity index (χ0) is 20.1. The highest BCUT2D eigenvalue weighted by molar-refractivity contribution is 9.10. The molecular weight excluding hydrogens is 481 g/mol. The third kappa shape index (κ3) is 4.90. The molecule has 0 saturated heterocycles. The van der Waals surface area contributed by atoms with Crippen molar-refractivity contribution in [2.75, 3.05) is 0 Å². The number of ether oxygens (including phenoxy) is 1. The fraction of sp³-hybridized carbons (Fsp3) is 0.0455. The molecular formula is C22H13BrCl3NO. The Balaban J connectivity index is 1.88. The lowest BCUT2D eigenvalue weighted by molar-refractivity contribution is 0.304. The third-order valence-electron chi connectivity index (χ3n) is 3.95. The van der Waals surface area contributed by atoms with E-state index in [0.717, 1.165) is 11.1 Å². The first-order valence-corrected chi connectivity index (χ1v) is 10.1. The van der Waals surface area contributed by atoms with Crippen LogP contribution in [-0.2, 0) is 6.61 Å². The van der Waals surface area contributed by atoms with Crippen LogP contribution in [0, 0.1) is 11.3 Å². The van der Waals surface area contributed by atoms with E-state index in [1.165, 1.54) is 0 Å². The van der Waals surface area contributed by atoms with Gasteiger partial charge in [-0.05, 0) is 51.8 Å². The van der Waals surface area contributed by atoms with Gasteiger partial charge >= 0.3 is 0 Å². The quantitative estimate of drug-likeness (QED) is 0.266. The summed E-state index contributed by atoms with van der Waals surface area (Å²) in [7, 11) is 0. The minimum atomic E-state index is 0.288. The van der Waals surface area contributed by atoms with E-state index in [9.17, 15) is 5.26 Å². The molecule has 0 unspecified atom stereocenters. The van der Waals surface area contributed by atoms with Crippen LogP contribution in [0.15, 0.2) is 65.1 Å². The summed E-state index contributed by atoms with van der Waals surface area (Å²) in [5.41, 5.74) is 2.72. The van der Waals surface area contributed by atoms with Crippen LogP contribution >= 0.6 is 50.7 Å². The molecule has 0 N–H and O–H groups in total. The molecule has 3 aromatic rings. The summed E-state index contributed by atoms with van der Waals surface area (Å²) in [4.78, 5) is 0. The Morgan fingerprint density at radius 2 is 1.64 bits per heavy atom. The summed E-state index contributed by atoms with van der Waals surface area (Å²) >= 11 is 22.3. The molecule has 0 radical (unpaired) electrons. The molecule has 0 aliphatic heterocycles. The van der Waals surface area contributed by atoms with E-state index in [1.54, 1.807) is 24.3 Å². The Bertz CT molecular complexity index is 1070. The fourth-order valence-electron chi connectivity index (χ4n) is 2.58. The minimum Gasteiger partial charge on any atom is -0.486 e. The lowest BCUT2D eigenvalue weighted by Gasteiger charge is -2.12. The van der Waals surface area contributed by atoms with Crippen LogP contribution in [0.2, 0.25) is 15.1 Å². The van der Waals surface area contributed by atoms with Crippen molar-refractivity contribution < 1.29 is 4.74 Å². The number of rotatable bonds is 5. The van der Waals surface area contributed by atoms with E-state index in [1.807, 2.05) is 42.5 Å². The highest BCUT2D eigenvalue weighted by Crippen LogP contribution is 2.37. The van der Waals surface area contributed by atoms with Crippen molar-refractivity contribution in [1.29, 1.82) is 5.26 Å². The highest BCUT2D eigenvalue weighted by atomic mass is 79.9. The average molecular weight is 494 g/mol. The van der Waals surface area contributed by atoms with Crippen LogP contribution in [0.25, 0.3) is 11.6 Å². The van der Waals surface area contributed by atoms with Gasteiger partial charge in [-0.15, -0.1) is 0 Å². The Morgan fingerprint density at radius 1 is 0.964 bits per heavy atom. The minimum absolute atomic E-state index is 0.288. The Hall–Kier alpha value is -1.96. The van der Waals surface area contributed by atoms with E-state index in [-0.39, 0.29) is 6.61 Å².